The van der Waals surface area contributed by atoms with E-state index in [1.165, 1.54) is 0 Å². The Balaban J connectivity index is 1.74. The summed E-state index contributed by atoms with van der Waals surface area (Å²) in [5, 5.41) is 0. The highest BCUT2D eigenvalue weighted by Gasteiger charge is 2.21. The van der Waals surface area contributed by atoms with Crippen molar-refractivity contribution in [2.75, 3.05) is 77.1 Å². The Morgan fingerprint density at radius 3 is 2.50 bits per heavy atom. The van der Waals surface area contributed by atoms with Crippen molar-refractivity contribution in [1.29, 1.82) is 0 Å². The lowest BCUT2D eigenvalue weighted by Gasteiger charge is -2.33. The van der Waals surface area contributed by atoms with Gasteiger partial charge >= 0.3 is 12.1 Å². The summed E-state index contributed by atoms with van der Waals surface area (Å²) in [6.45, 7) is 11.5. The smallest absolute Gasteiger partial charge is 0.411 e. The number of amides is 1. The van der Waals surface area contributed by atoms with Gasteiger partial charge in [0.05, 0.1) is 6.61 Å². The zero-order chi connectivity index (χ0) is 26.2. The van der Waals surface area contributed by atoms with Gasteiger partial charge in [-0.15, -0.1) is 0 Å². The van der Waals surface area contributed by atoms with Gasteiger partial charge in [-0.25, -0.2) is 4.79 Å². The molecule has 0 bridgehead atoms. The van der Waals surface area contributed by atoms with Crippen molar-refractivity contribution in [3.63, 3.8) is 0 Å². The van der Waals surface area contributed by atoms with Crippen molar-refractivity contribution in [1.82, 2.24) is 19.8 Å². The van der Waals surface area contributed by atoms with Gasteiger partial charge in [-0.2, -0.15) is 9.97 Å². The van der Waals surface area contributed by atoms with Gasteiger partial charge in [-0.05, 0) is 32.5 Å². The molecule has 2 rings (SSSR count). The molecule has 1 aromatic heterocycles. The van der Waals surface area contributed by atoms with Crippen molar-refractivity contribution >= 4 is 30.1 Å². The van der Waals surface area contributed by atoms with Gasteiger partial charge in [-0.1, -0.05) is 32.6 Å². The fourth-order valence-electron chi connectivity index (χ4n) is 4.06. The average molecular weight is 509 g/mol. The van der Waals surface area contributed by atoms with E-state index in [4.69, 9.17) is 25.7 Å². The van der Waals surface area contributed by atoms with E-state index in [9.17, 15) is 4.79 Å². The number of nitrogen functional groups attached to an aromatic ring is 1. The molecular formula is C24H44N8O4. The zero-order valence-corrected chi connectivity index (χ0v) is 22.0. The molecule has 0 unspecified atom stereocenters. The number of methoxy groups -OCH3 is 1. The molecule has 0 aliphatic carbocycles. The van der Waals surface area contributed by atoms with Gasteiger partial charge in [0.2, 0.25) is 0 Å². The Bertz CT molecular complexity index is 790. The SMILES string of the molecule is C=Nc1c(N)nc(OCCCC)nc1N(CCCCCCCN1CCN(C(=O)OCN)CC1)COC. The summed E-state index contributed by atoms with van der Waals surface area (Å²) in [4.78, 5) is 30.7. The minimum absolute atomic E-state index is 0.0732. The number of hydrogen-bond acceptors (Lipinski definition) is 11. The molecule has 0 atom stereocenters. The number of rotatable bonds is 17. The van der Waals surface area contributed by atoms with E-state index in [1.54, 1.807) is 12.0 Å². The first-order valence-electron chi connectivity index (χ1n) is 12.9. The van der Waals surface area contributed by atoms with E-state index in [1.807, 2.05) is 4.90 Å². The van der Waals surface area contributed by atoms with E-state index < -0.39 is 0 Å². The van der Waals surface area contributed by atoms with E-state index in [2.05, 4.69) is 33.5 Å². The fraction of sp³-hybridized carbons (Fsp3) is 0.750. The molecular weight excluding hydrogens is 464 g/mol. The van der Waals surface area contributed by atoms with Gasteiger partial charge < -0.3 is 29.7 Å². The van der Waals surface area contributed by atoms with Crippen LogP contribution in [0.1, 0.15) is 51.9 Å². The molecule has 12 heteroatoms. The summed E-state index contributed by atoms with van der Waals surface area (Å²) >= 11 is 0. The molecule has 2 heterocycles. The lowest BCUT2D eigenvalue weighted by Crippen LogP contribution is -2.49. The first-order chi connectivity index (χ1) is 17.5. The van der Waals surface area contributed by atoms with Crippen molar-refractivity contribution in [2.45, 2.75) is 51.9 Å². The molecule has 0 aromatic carbocycles. The highest BCUT2D eigenvalue weighted by atomic mass is 16.6. The Hall–Kier alpha value is -2.70. The normalized spacial score (nSPS) is 14.0. The first kappa shape index (κ1) is 29.5. The lowest BCUT2D eigenvalue weighted by molar-refractivity contribution is 0.0775. The number of hydrogen-bond donors (Lipinski definition) is 2. The third-order valence-electron chi connectivity index (χ3n) is 6.08. The molecule has 1 amide bonds. The maximum Gasteiger partial charge on any atom is 0.411 e. The highest BCUT2D eigenvalue weighted by Crippen LogP contribution is 2.33. The van der Waals surface area contributed by atoms with Crippen LogP contribution in [0.3, 0.4) is 0 Å². The van der Waals surface area contributed by atoms with E-state index >= 15 is 0 Å². The molecule has 1 aliphatic rings. The number of piperazine rings is 1. The maximum atomic E-state index is 11.7. The number of carbonyl (C=O) groups is 1. The van der Waals surface area contributed by atoms with Gasteiger partial charge in [0.25, 0.3) is 0 Å². The summed E-state index contributed by atoms with van der Waals surface area (Å²) < 4.78 is 16.0. The van der Waals surface area contributed by atoms with Crippen LogP contribution in [0.15, 0.2) is 4.99 Å². The van der Waals surface area contributed by atoms with Crippen LogP contribution in [-0.4, -0.2) is 99.0 Å². The quantitative estimate of drug-likeness (QED) is 0.183. The molecule has 12 nitrogen and oxygen atoms in total. The molecule has 204 valence electrons. The summed E-state index contributed by atoms with van der Waals surface area (Å²) in [6.07, 6.45) is 7.14. The Morgan fingerprint density at radius 2 is 1.83 bits per heavy atom. The van der Waals surface area contributed by atoms with Crippen LogP contribution in [0.4, 0.5) is 22.1 Å². The van der Waals surface area contributed by atoms with Gasteiger partial charge in [-0.3, -0.25) is 15.6 Å². The second-order valence-corrected chi connectivity index (χ2v) is 8.78. The van der Waals surface area contributed by atoms with E-state index in [0.29, 0.717) is 37.9 Å². The third kappa shape index (κ3) is 9.75. The number of unbranched alkanes of at least 4 members (excludes halogenated alkanes) is 5. The van der Waals surface area contributed by atoms with Crippen LogP contribution in [0, 0.1) is 0 Å². The monoisotopic (exact) mass is 508 g/mol. The predicted octanol–water partition coefficient (Wildman–Crippen LogP) is 2.60. The van der Waals surface area contributed by atoms with E-state index in [-0.39, 0.29) is 24.7 Å². The zero-order valence-electron chi connectivity index (χ0n) is 22.0. The van der Waals surface area contributed by atoms with Crippen LogP contribution in [0.2, 0.25) is 0 Å². The van der Waals surface area contributed by atoms with Crippen molar-refractivity contribution in [3.05, 3.63) is 0 Å². The largest absolute Gasteiger partial charge is 0.463 e. The molecule has 4 N–H and O–H groups in total. The van der Waals surface area contributed by atoms with Crippen molar-refractivity contribution < 1.29 is 19.0 Å². The molecule has 0 radical (unpaired) electrons. The van der Waals surface area contributed by atoms with E-state index in [0.717, 1.165) is 71.1 Å². The standard InChI is InChI=1S/C24H44N8O4/c1-4-5-17-35-23-28-21(26)20(27-2)22(29-23)32(19-34-3)12-10-8-6-7-9-11-30-13-15-31(16-14-30)24(33)36-18-25/h2,4-19,25H2,1,3H3,(H2,26,28,29). The summed E-state index contributed by atoms with van der Waals surface area (Å²) in [7, 11) is 1.65. The molecule has 0 spiro atoms. The van der Waals surface area contributed by atoms with Crippen molar-refractivity contribution in [3.8, 4) is 6.01 Å². The predicted molar refractivity (Wildman–Crippen MR) is 142 cm³/mol. The Kier molecular flexibility index (Phi) is 13.8. The summed E-state index contributed by atoms with van der Waals surface area (Å²) in [5.41, 5.74) is 11.8. The van der Waals surface area contributed by atoms with Gasteiger partial charge in [0.1, 0.15) is 19.1 Å². The van der Waals surface area contributed by atoms with Gasteiger partial charge in [0, 0.05) is 39.8 Å². The maximum absolute atomic E-state index is 11.7. The lowest BCUT2D eigenvalue weighted by atomic mass is 10.1. The number of nitrogens with two attached hydrogens (primary N) is 2. The second kappa shape index (κ2) is 16.9. The molecule has 0 saturated carbocycles. The van der Waals surface area contributed by atoms with Crippen LogP contribution >= 0.6 is 0 Å². The minimum Gasteiger partial charge on any atom is -0.463 e. The number of anilines is 2. The third-order valence-corrected chi connectivity index (χ3v) is 6.08. The number of aromatic nitrogens is 2. The van der Waals surface area contributed by atoms with Gasteiger partial charge in [0.15, 0.2) is 11.6 Å². The minimum atomic E-state index is -0.319. The number of aliphatic imine (C=N–C) groups is 1. The Morgan fingerprint density at radius 1 is 1.11 bits per heavy atom. The number of carbonyl (C=O) groups excluding carboxylic acids is 1. The number of ether oxygens (including phenoxy) is 3. The molecule has 1 aliphatic heterocycles. The van der Waals surface area contributed by atoms with Crippen LogP contribution < -0.4 is 21.1 Å². The van der Waals surface area contributed by atoms with Crippen LogP contribution in [-0.2, 0) is 9.47 Å². The molecule has 1 fully saturated rings. The van der Waals surface area contributed by atoms with Crippen molar-refractivity contribution in [2.24, 2.45) is 10.7 Å². The second-order valence-electron chi connectivity index (χ2n) is 8.78. The summed E-state index contributed by atoms with van der Waals surface area (Å²) in [5.74, 6) is 0.833. The molecule has 36 heavy (non-hydrogen) atoms. The fourth-order valence-corrected chi connectivity index (χ4v) is 4.06. The topological polar surface area (TPSA) is 145 Å². The average Bonchev–Trinajstić information content (AvgIpc) is 2.88. The Labute approximate surface area is 215 Å². The molecule has 1 aromatic rings. The highest BCUT2D eigenvalue weighted by molar-refractivity contribution is 5.75. The molecule has 1 saturated heterocycles. The number of nitrogens with zero attached hydrogens (tertiary/aromatic N) is 6. The first-order valence-corrected chi connectivity index (χ1v) is 12.9. The van der Waals surface area contributed by atoms with Crippen LogP contribution in [0.5, 0.6) is 6.01 Å². The van der Waals surface area contributed by atoms with Crippen LogP contribution in [0.25, 0.3) is 0 Å². The summed E-state index contributed by atoms with van der Waals surface area (Å²) in [6, 6.07) is 0.251.